The smallest absolute Gasteiger partial charge is 0.343 e. The summed E-state index contributed by atoms with van der Waals surface area (Å²) in [6.07, 6.45) is -9.33. The summed E-state index contributed by atoms with van der Waals surface area (Å²) in [5.74, 6) is -5.83. The third kappa shape index (κ3) is 3.00. The van der Waals surface area contributed by atoms with Crippen LogP contribution in [0.4, 0.5) is 0 Å². The van der Waals surface area contributed by atoms with Gasteiger partial charge in [-0.25, -0.2) is 14.4 Å². The van der Waals surface area contributed by atoms with E-state index < -0.39 is 100.0 Å². The lowest BCUT2D eigenvalue weighted by Crippen LogP contribution is -2.74. The van der Waals surface area contributed by atoms with Gasteiger partial charge in [-0.15, -0.1) is 0 Å². The monoisotopic (exact) mass is 634 g/mol. The number of esters is 4. The highest BCUT2D eigenvalue weighted by Gasteiger charge is 3.05. The lowest BCUT2D eigenvalue weighted by molar-refractivity contribution is -0.281. The van der Waals surface area contributed by atoms with E-state index in [0.29, 0.717) is 0 Å². The molecule has 2 bridgehead atoms. The average molecular weight is 635 g/mol. The molecule has 2 saturated carbocycles. The minimum Gasteiger partial charge on any atom is -0.456 e. The maximum absolute atomic E-state index is 14.5. The summed E-state index contributed by atoms with van der Waals surface area (Å²) in [5, 5.41) is 25.2. The predicted molar refractivity (Wildman–Crippen MR) is 152 cm³/mol. The van der Waals surface area contributed by atoms with E-state index in [-0.39, 0.29) is 12.2 Å². The molecule has 3 unspecified atom stereocenters. The summed E-state index contributed by atoms with van der Waals surface area (Å²) in [5.41, 5.74) is -8.89. The molecule has 6 aliphatic rings. The van der Waals surface area contributed by atoms with Crippen LogP contribution in [0.3, 0.4) is 0 Å². The zero-order valence-corrected chi connectivity index (χ0v) is 25.6. The van der Waals surface area contributed by atoms with Gasteiger partial charge in [0.1, 0.15) is 12.2 Å². The quantitative estimate of drug-likeness (QED) is 0.362. The molecule has 12 atom stereocenters. The highest BCUT2D eigenvalue weighted by Crippen LogP contribution is 2.84. The fourth-order valence-corrected chi connectivity index (χ4v) is 10.1. The Kier molecular flexibility index (Phi) is 5.88. The first-order valence-electron chi connectivity index (χ1n) is 15.4. The maximum atomic E-state index is 14.5. The van der Waals surface area contributed by atoms with Crippen LogP contribution in [-0.4, -0.2) is 82.1 Å². The number of carbonyl (C=O) groups is 4. The van der Waals surface area contributed by atoms with Crippen LogP contribution >= 0.6 is 0 Å². The first-order chi connectivity index (χ1) is 21.8. The van der Waals surface area contributed by atoms with Gasteiger partial charge in [0.15, 0.2) is 23.9 Å². The summed E-state index contributed by atoms with van der Waals surface area (Å²) < 4.78 is 36.9. The van der Waals surface area contributed by atoms with Crippen LogP contribution in [0.2, 0.25) is 0 Å². The summed E-state index contributed by atoms with van der Waals surface area (Å²) in [6.45, 7) is 6.89. The second-order valence-electron chi connectivity index (χ2n) is 14.3. The van der Waals surface area contributed by atoms with E-state index >= 15 is 0 Å². The lowest BCUT2D eigenvalue weighted by Gasteiger charge is -2.51. The molecule has 4 heterocycles. The number of carbonyl (C=O) groups excluding carboxylic acids is 4. The second-order valence-corrected chi connectivity index (χ2v) is 14.3. The Labute approximate surface area is 263 Å². The fraction of sp³-hybridized carbons (Fsp3) is 0.529. The molecule has 46 heavy (non-hydrogen) atoms. The van der Waals surface area contributed by atoms with E-state index in [4.69, 9.17) is 28.4 Å². The van der Waals surface area contributed by atoms with Gasteiger partial charge in [0, 0.05) is 5.92 Å². The van der Waals surface area contributed by atoms with Crippen LogP contribution in [-0.2, 0) is 49.4 Å². The number of hydrogen-bond acceptors (Lipinski definition) is 12. The van der Waals surface area contributed by atoms with Gasteiger partial charge in [0.05, 0.1) is 28.9 Å². The molecule has 8 rings (SSSR count). The molecule has 242 valence electrons. The van der Waals surface area contributed by atoms with E-state index in [9.17, 15) is 29.4 Å². The standard InChI is InChI=1S/C34H34O12/c1-16-25(36)44-23-21(35)32-22(43-26(37)18-13-9-6-10-14-18)19-20(30(2,3)4)31(32)24(41-15-17-11-7-5-8-12-17)27(38)45-29(31)46-34(32,28(39)42-19)33(16,23)40/h5-14,16,19-24,29,35,40H,15H2,1-4H3/t16-,19-,20+,21+,22-,23?,24+,29+,31?,32?,33-,34-/m1/s1. The number of aliphatic hydroxyl groups is 2. The predicted octanol–water partition coefficient (Wildman–Crippen LogP) is 1.69. The molecule has 0 amide bonds. The average Bonchev–Trinajstić information content (AvgIpc) is 3.64. The third-order valence-corrected chi connectivity index (χ3v) is 11.4. The molecule has 0 radical (unpaired) electrons. The molecule has 2 aromatic rings. The highest BCUT2D eigenvalue weighted by atomic mass is 16.8. The molecule has 2 spiro atoms. The van der Waals surface area contributed by atoms with Crippen molar-refractivity contribution in [1.29, 1.82) is 0 Å². The van der Waals surface area contributed by atoms with Gasteiger partial charge >= 0.3 is 23.9 Å². The third-order valence-electron chi connectivity index (χ3n) is 11.4. The number of benzene rings is 2. The van der Waals surface area contributed by atoms with Gasteiger partial charge in [0.25, 0.3) is 0 Å². The van der Waals surface area contributed by atoms with Crippen molar-refractivity contribution in [3.63, 3.8) is 0 Å². The maximum Gasteiger partial charge on any atom is 0.343 e. The molecule has 4 aliphatic heterocycles. The van der Waals surface area contributed by atoms with Crippen molar-refractivity contribution in [1.82, 2.24) is 0 Å². The minimum absolute atomic E-state index is 0.0574. The molecule has 6 fully saturated rings. The van der Waals surface area contributed by atoms with Crippen molar-refractivity contribution in [2.45, 2.75) is 82.3 Å². The zero-order valence-electron chi connectivity index (χ0n) is 25.6. The van der Waals surface area contributed by atoms with Crippen LogP contribution in [0, 0.1) is 28.1 Å². The molecule has 2 aromatic carbocycles. The molecule has 12 nitrogen and oxygen atoms in total. The van der Waals surface area contributed by atoms with Crippen molar-refractivity contribution in [3.8, 4) is 0 Å². The Morgan fingerprint density at radius 3 is 2.24 bits per heavy atom. The van der Waals surface area contributed by atoms with E-state index in [1.165, 1.54) is 6.92 Å². The number of hydrogen-bond donors (Lipinski definition) is 2. The Bertz CT molecular complexity index is 1650. The summed E-state index contributed by atoms with van der Waals surface area (Å²) in [7, 11) is 0. The van der Waals surface area contributed by atoms with Gasteiger partial charge in [-0.3, -0.25) is 4.79 Å². The SMILES string of the molecule is C[C@@H]1C(=O)OC2[C@H](O)C34[C@H](OC(=O)c5ccccc5)[C@@H]5OC(=O)[C@]3(O[C@@H]3OC(=O)[C@H](OCc6ccccc6)C34[C@@H]5C(C)(C)C)[C@]21O. The Hall–Kier alpha value is -3.84. The van der Waals surface area contributed by atoms with Crippen LogP contribution in [0.15, 0.2) is 60.7 Å². The van der Waals surface area contributed by atoms with Crippen molar-refractivity contribution >= 4 is 23.9 Å². The van der Waals surface area contributed by atoms with Gasteiger partial charge in [-0.1, -0.05) is 69.3 Å². The minimum atomic E-state index is -2.56. The Morgan fingerprint density at radius 2 is 1.59 bits per heavy atom. The number of rotatable bonds is 5. The molecular formula is C34H34O12. The van der Waals surface area contributed by atoms with Gasteiger partial charge in [-0.2, -0.15) is 0 Å². The van der Waals surface area contributed by atoms with E-state index in [2.05, 4.69) is 0 Å². The number of aliphatic hydroxyl groups excluding tert-OH is 1. The summed E-state index contributed by atoms with van der Waals surface area (Å²) >= 11 is 0. The summed E-state index contributed by atoms with van der Waals surface area (Å²) in [6, 6.07) is 17.2. The van der Waals surface area contributed by atoms with Crippen molar-refractivity contribution in [3.05, 3.63) is 71.8 Å². The Balaban J connectivity index is 1.40. The number of fused-ring (bicyclic) bond motifs is 2. The van der Waals surface area contributed by atoms with Gasteiger partial charge in [-0.05, 0) is 30.0 Å². The molecular weight excluding hydrogens is 600 g/mol. The van der Waals surface area contributed by atoms with Crippen molar-refractivity contribution < 1.29 is 57.8 Å². The first-order valence-corrected chi connectivity index (χ1v) is 15.4. The van der Waals surface area contributed by atoms with Crippen LogP contribution in [0.25, 0.3) is 0 Å². The van der Waals surface area contributed by atoms with Crippen LogP contribution in [0.5, 0.6) is 0 Å². The first kappa shape index (κ1) is 29.6. The Morgan fingerprint density at radius 1 is 0.935 bits per heavy atom. The highest BCUT2D eigenvalue weighted by molar-refractivity contribution is 5.94. The summed E-state index contributed by atoms with van der Waals surface area (Å²) in [4.78, 5) is 55.3. The zero-order chi connectivity index (χ0) is 32.6. The van der Waals surface area contributed by atoms with Gasteiger partial charge in [0.2, 0.25) is 11.9 Å². The molecule has 2 N–H and O–H groups in total. The van der Waals surface area contributed by atoms with E-state index in [1.807, 2.05) is 51.1 Å². The lowest BCUT2D eigenvalue weighted by atomic mass is 9.50. The topological polar surface area (TPSA) is 164 Å². The van der Waals surface area contributed by atoms with E-state index in [1.54, 1.807) is 30.3 Å². The molecule has 2 aliphatic carbocycles. The van der Waals surface area contributed by atoms with Gasteiger partial charge < -0.3 is 38.6 Å². The van der Waals surface area contributed by atoms with Crippen LogP contribution < -0.4 is 0 Å². The van der Waals surface area contributed by atoms with Crippen molar-refractivity contribution in [2.24, 2.45) is 28.1 Å². The number of ether oxygens (including phenoxy) is 6. The molecule has 0 aromatic heterocycles. The largest absolute Gasteiger partial charge is 0.456 e. The fourth-order valence-electron chi connectivity index (χ4n) is 10.1. The second kappa shape index (κ2) is 9.15. The van der Waals surface area contributed by atoms with E-state index in [0.717, 1.165) is 5.56 Å². The normalized spacial score (nSPS) is 44.6. The van der Waals surface area contributed by atoms with Crippen LogP contribution in [0.1, 0.15) is 43.6 Å². The van der Waals surface area contributed by atoms with Crippen molar-refractivity contribution in [2.75, 3.05) is 0 Å². The molecule has 12 heteroatoms. The molecule has 4 saturated heterocycles.